The second-order valence-corrected chi connectivity index (χ2v) is 11.4. The molecule has 42 heavy (non-hydrogen) atoms. The van der Waals surface area contributed by atoms with E-state index in [0.29, 0.717) is 19.3 Å². The number of nitrogens with one attached hydrogen (secondary N) is 1. The molecule has 1 amide bonds. The number of carboxylic acids is 1. The van der Waals surface area contributed by atoms with Crippen LogP contribution in [0.2, 0.25) is 0 Å². The highest BCUT2D eigenvalue weighted by Crippen LogP contribution is 2.17. The molecule has 0 aromatic rings. The predicted octanol–water partition coefficient (Wildman–Crippen LogP) is 9.78. The second kappa shape index (κ2) is 31.6. The van der Waals surface area contributed by atoms with Crippen LogP contribution in [0.3, 0.4) is 0 Å². The van der Waals surface area contributed by atoms with Crippen molar-refractivity contribution in [2.45, 2.75) is 168 Å². The zero-order valence-corrected chi connectivity index (χ0v) is 27.1. The molecule has 0 aliphatic heterocycles. The Bertz CT molecular complexity index is 743. The highest BCUT2D eigenvalue weighted by Gasteiger charge is 2.14. The maximum Gasteiger partial charge on any atom is 0.322 e. The second-order valence-electron chi connectivity index (χ2n) is 11.4. The van der Waals surface area contributed by atoms with Gasteiger partial charge in [-0.05, 0) is 77.0 Å². The zero-order chi connectivity index (χ0) is 30.9. The number of carbonyl (C=O) groups is 3. The van der Waals surface area contributed by atoms with Crippen LogP contribution in [0.4, 0.5) is 0 Å². The van der Waals surface area contributed by atoms with E-state index >= 15 is 0 Å². The lowest BCUT2D eigenvalue weighted by Gasteiger charge is -2.18. The number of hydrogen-bond acceptors (Lipinski definition) is 4. The molecule has 6 nitrogen and oxygen atoms in total. The number of unbranched alkanes of at least 4 members (excludes halogenated alkanes) is 13. The quantitative estimate of drug-likeness (QED) is 0.0494. The summed E-state index contributed by atoms with van der Waals surface area (Å²) in [5.41, 5.74) is 0. The first-order valence-corrected chi connectivity index (χ1v) is 17.1. The van der Waals surface area contributed by atoms with Gasteiger partial charge < -0.3 is 15.2 Å². The van der Waals surface area contributed by atoms with Crippen LogP contribution in [0.1, 0.15) is 162 Å². The van der Waals surface area contributed by atoms with E-state index in [2.05, 4.69) is 55.6 Å². The average molecular weight is 590 g/mol. The molecule has 0 fully saturated rings. The van der Waals surface area contributed by atoms with Gasteiger partial charge in [0.25, 0.3) is 0 Å². The van der Waals surface area contributed by atoms with Gasteiger partial charge in [-0.3, -0.25) is 14.4 Å². The molecule has 2 N–H and O–H groups in total. The Morgan fingerprint density at radius 2 is 1.10 bits per heavy atom. The van der Waals surface area contributed by atoms with E-state index in [1.54, 1.807) is 0 Å². The first kappa shape index (κ1) is 39.6. The number of aliphatic carboxylic acids is 1. The van der Waals surface area contributed by atoms with Gasteiger partial charge >= 0.3 is 11.9 Å². The van der Waals surface area contributed by atoms with Crippen LogP contribution in [0.25, 0.3) is 0 Å². The summed E-state index contributed by atoms with van der Waals surface area (Å²) >= 11 is 0. The molecule has 0 aromatic carbocycles. The van der Waals surface area contributed by atoms with Gasteiger partial charge in [0.2, 0.25) is 5.91 Å². The third-order valence-corrected chi connectivity index (χ3v) is 7.31. The van der Waals surface area contributed by atoms with Crippen molar-refractivity contribution in [1.82, 2.24) is 5.32 Å². The molecule has 0 heterocycles. The summed E-state index contributed by atoms with van der Waals surface area (Å²) in [6, 6.07) is 0. The highest BCUT2D eigenvalue weighted by atomic mass is 16.5. The fourth-order valence-electron chi connectivity index (χ4n) is 4.75. The Hall–Kier alpha value is -2.37. The number of esters is 1. The predicted molar refractivity (Wildman–Crippen MR) is 175 cm³/mol. The Kier molecular flexibility index (Phi) is 29.8. The number of amides is 1. The number of carboxylic acid groups (broad SMARTS) is 1. The largest absolute Gasteiger partial charge is 0.480 e. The zero-order valence-electron chi connectivity index (χ0n) is 27.1. The fraction of sp³-hybridized carbons (Fsp3) is 0.750. The summed E-state index contributed by atoms with van der Waals surface area (Å²) in [4.78, 5) is 34.6. The maximum atomic E-state index is 12.4. The van der Waals surface area contributed by atoms with Crippen LogP contribution in [0, 0.1) is 0 Å². The molecule has 0 aliphatic carbocycles. The SMILES string of the molecule is CCCCC/C=C\C/C=C\C/C=C\CCCCCCCCC(=O)OC(CCCCC)CCCCCC(=O)NCC(=O)O. The normalized spacial score (nSPS) is 12.4. The standard InChI is InChI=1S/C36H63NO5/c1-3-5-7-8-9-10-11-12-13-14-15-16-17-18-19-20-21-22-27-31-36(41)42-33(28-24-6-4-2)29-25-23-26-30-34(38)37-32-35(39)40/h9-10,12-13,15-16,33H,3-8,11,14,17-32H2,1-2H3,(H,37,38)(H,39,40)/b10-9-,13-12-,16-15-. The minimum Gasteiger partial charge on any atom is -0.480 e. The molecule has 242 valence electrons. The smallest absolute Gasteiger partial charge is 0.322 e. The summed E-state index contributed by atoms with van der Waals surface area (Å²) in [5, 5.41) is 11.0. The Morgan fingerprint density at radius 3 is 1.71 bits per heavy atom. The average Bonchev–Trinajstić information content (AvgIpc) is 2.97. The van der Waals surface area contributed by atoms with E-state index in [0.717, 1.165) is 77.0 Å². The third-order valence-electron chi connectivity index (χ3n) is 7.31. The van der Waals surface area contributed by atoms with Gasteiger partial charge in [-0.25, -0.2) is 0 Å². The lowest BCUT2D eigenvalue weighted by atomic mass is 10.0. The highest BCUT2D eigenvalue weighted by molar-refractivity contribution is 5.80. The van der Waals surface area contributed by atoms with Crippen LogP contribution in [0.15, 0.2) is 36.5 Å². The van der Waals surface area contributed by atoms with E-state index in [4.69, 9.17) is 9.84 Å². The number of ether oxygens (including phenoxy) is 1. The molecule has 0 radical (unpaired) electrons. The first-order chi connectivity index (χ1) is 20.5. The van der Waals surface area contributed by atoms with Crippen molar-refractivity contribution in [3.8, 4) is 0 Å². The van der Waals surface area contributed by atoms with Crippen LogP contribution in [-0.2, 0) is 19.1 Å². The molecule has 1 atom stereocenters. The van der Waals surface area contributed by atoms with E-state index in [9.17, 15) is 14.4 Å². The van der Waals surface area contributed by atoms with Crippen molar-refractivity contribution in [1.29, 1.82) is 0 Å². The van der Waals surface area contributed by atoms with Gasteiger partial charge in [-0.2, -0.15) is 0 Å². The molecule has 0 saturated heterocycles. The summed E-state index contributed by atoms with van der Waals surface area (Å²) in [7, 11) is 0. The van der Waals surface area contributed by atoms with E-state index in [1.165, 1.54) is 51.4 Å². The third kappa shape index (κ3) is 30.6. The van der Waals surface area contributed by atoms with Crippen molar-refractivity contribution in [2.75, 3.05) is 6.54 Å². The van der Waals surface area contributed by atoms with E-state index in [1.807, 2.05) is 0 Å². The minimum absolute atomic E-state index is 0.0365. The van der Waals surface area contributed by atoms with Crippen molar-refractivity contribution in [2.24, 2.45) is 0 Å². The molecular weight excluding hydrogens is 526 g/mol. The molecule has 0 spiro atoms. The van der Waals surface area contributed by atoms with Crippen LogP contribution < -0.4 is 5.32 Å². The Morgan fingerprint density at radius 1 is 0.619 bits per heavy atom. The van der Waals surface area contributed by atoms with Crippen molar-refractivity contribution in [3.63, 3.8) is 0 Å². The number of carbonyl (C=O) groups excluding carboxylic acids is 2. The molecule has 6 heteroatoms. The summed E-state index contributed by atoms with van der Waals surface area (Å²) < 4.78 is 5.83. The monoisotopic (exact) mass is 589 g/mol. The molecule has 1 unspecified atom stereocenters. The van der Waals surface area contributed by atoms with Crippen molar-refractivity contribution in [3.05, 3.63) is 36.5 Å². The summed E-state index contributed by atoms with van der Waals surface area (Å²) in [5.74, 6) is -1.34. The first-order valence-electron chi connectivity index (χ1n) is 17.1. The number of hydrogen-bond donors (Lipinski definition) is 2. The van der Waals surface area contributed by atoms with Gasteiger partial charge in [0.05, 0.1) is 0 Å². The number of rotatable bonds is 30. The van der Waals surface area contributed by atoms with Gasteiger partial charge in [-0.15, -0.1) is 0 Å². The molecule has 0 aliphatic rings. The van der Waals surface area contributed by atoms with Crippen LogP contribution >= 0.6 is 0 Å². The molecule has 0 aromatic heterocycles. The van der Waals surface area contributed by atoms with Crippen LogP contribution in [0.5, 0.6) is 0 Å². The minimum atomic E-state index is -1.03. The maximum absolute atomic E-state index is 12.4. The summed E-state index contributed by atoms with van der Waals surface area (Å²) in [6.07, 6.45) is 37.2. The van der Waals surface area contributed by atoms with E-state index in [-0.39, 0.29) is 24.5 Å². The Labute approximate surface area is 257 Å². The topological polar surface area (TPSA) is 92.7 Å². The van der Waals surface area contributed by atoms with E-state index < -0.39 is 5.97 Å². The van der Waals surface area contributed by atoms with Crippen molar-refractivity contribution < 1.29 is 24.2 Å². The van der Waals surface area contributed by atoms with Gasteiger partial charge in [0, 0.05) is 12.8 Å². The molecule has 0 saturated carbocycles. The van der Waals surface area contributed by atoms with Crippen molar-refractivity contribution >= 4 is 17.8 Å². The summed E-state index contributed by atoms with van der Waals surface area (Å²) in [6.45, 7) is 4.08. The van der Waals surface area contributed by atoms with Gasteiger partial charge in [-0.1, -0.05) is 108 Å². The molecular formula is C36H63NO5. The van der Waals surface area contributed by atoms with Crippen LogP contribution in [-0.4, -0.2) is 35.6 Å². The molecule has 0 bridgehead atoms. The molecule has 0 rings (SSSR count). The number of allylic oxidation sites excluding steroid dienone is 6. The lowest BCUT2D eigenvalue weighted by Crippen LogP contribution is -2.28. The Balaban J connectivity index is 3.83. The lowest BCUT2D eigenvalue weighted by molar-refractivity contribution is -0.150. The van der Waals surface area contributed by atoms with Gasteiger partial charge in [0.15, 0.2) is 0 Å². The fourth-order valence-corrected chi connectivity index (χ4v) is 4.75. The van der Waals surface area contributed by atoms with Gasteiger partial charge in [0.1, 0.15) is 12.6 Å².